The summed E-state index contributed by atoms with van der Waals surface area (Å²) in [5.74, 6) is -0.0221. The maximum absolute atomic E-state index is 13.7. The third-order valence-corrected chi connectivity index (χ3v) is 5.34. The first kappa shape index (κ1) is 24.9. The van der Waals surface area contributed by atoms with E-state index in [9.17, 15) is 9.18 Å². The molecule has 0 aliphatic carbocycles. The predicted octanol–water partition coefficient (Wildman–Crippen LogP) is 7.77. The number of alkyl halides is 1. The van der Waals surface area contributed by atoms with Crippen LogP contribution in [0.15, 0.2) is 48.5 Å². The van der Waals surface area contributed by atoms with Gasteiger partial charge in [-0.3, -0.25) is 0 Å². The number of ether oxygens (including phenoxy) is 2. The van der Waals surface area contributed by atoms with Crippen molar-refractivity contribution in [2.24, 2.45) is 5.92 Å². The van der Waals surface area contributed by atoms with Gasteiger partial charge in [-0.15, -0.1) is 0 Å². The van der Waals surface area contributed by atoms with E-state index in [4.69, 9.17) is 9.47 Å². The third-order valence-electron chi connectivity index (χ3n) is 5.34. The van der Waals surface area contributed by atoms with Crippen LogP contribution in [0, 0.1) is 5.92 Å². The topological polar surface area (TPSA) is 35.5 Å². The molecule has 170 valence electrons. The minimum atomic E-state index is -1.61. The van der Waals surface area contributed by atoms with E-state index >= 15 is 0 Å². The van der Waals surface area contributed by atoms with Gasteiger partial charge >= 0.3 is 5.97 Å². The fourth-order valence-corrected chi connectivity index (χ4v) is 3.33. The summed E-state index contributed by atoms with van der Waals surface area (Å²) < 4.78 is 24.7. The number of rotatable bonds is 14. The van der Waals surface area contributed by atoms with Crippen molar-refractivity contribution >= 4 is 5.97 Å². The Morgan fingerprint density at radius 2 is 1.26 bits per heavy atom. The van der Waals surface area contributed by atoms with Gasteiger partial charge in [-0.2, -0.15) is 0 Å². The van der Waals surface area contributed by atoms with E-state index in [0.29, 0.717) is 5.75 Å². The Hall–Kier alpha value is -2.36. The van der Waals surface area contributed by atoms with Crippen molar-refractivity contribution in [3.05, 3.63) is 48.5 Å². The second-order valence-corrected chi connectivity index (χ2v) is 8.44. The van der Waals surface area contributed by atoms with Crippen LogP contribution in [-0.4, -0.2) is 18.7 Å². The van der Waals surface area contributed by atoms with Crippen LogP contribution in [0.3, 0.4) is 0 Å². The van der Waals surface area contributed by atoms with Gasteiger partial charge in [0.15, 0.2) is 6.17 Å². The Balaban J connectivity index is 1.73. The molecule has 0 N–H and O–H groups in total. The molecule has 0 aliphatic rings. The highest BCUT2D eigenvalue weighted by Crippen LogP contribution is 2.25. The summed E-state index contributed by atoms with van der Waals surface area (Å²) in [5.41, 5.74) is 2.04. The van der Waals surface area contributed by atoms with Crippen LogP contribution in [0.25, 0.3) is 11.1 Å². The van der Waals surface area contributed by atoms with Crippen LogP contribution in [0.1, 0.15) is 72.1 Å². The summed E-state index contributed by atoms with van der Waals surface area (Å²) >= 11 is 0. The monoisotopic (exact) mass is 428 g/mol. The average Bonchev–Trinajstić information content (AvgIpc) is 2.78. The van der Waals surface area contributed by atoms with Crippen molar-refractivity contribution in [2.45, 2.75) is 78.3 Å². The van der Waals surface area contributed by atoms with E-state index in [0.717, 1.165) is 29.9 Å². The summed E-state index contributed by atoms with van der Waals surface area (Å²) in [7, 11) is 0. The van der Waals surface area contributed by atoms with Crippen LogP contribution < -0.4 is 9.47 Å². The Labute approximate surface area is 187 Å². The van der Waals surface area contributed by atoms with Crippen molar-refractivity contribution in [3.63, 3.8) is 0 Å². The van der Waals surface area contributed by atoms with Crippen LogP contribution in [0.4, 0.5) is 4.39 Å². The molecule has 1 atom stereocenters. The van der Waals surface area contributed by atoms with Crippen LogP contribution in [0.2, 0.25) is 0 Å². The molecule has 0 amide bonds. The minimum absolute atomic E-state index is 0.349. The van der Waals surface area contributed by atoms with Gasteiger partial charge < -0.3 is 9.47 Å². The van der Waals surface area contributed by atoms with Gasteiger partial charge in [0.2, 0.25) is 0 Å². The zero-order valence-electron chi connectivity index (χ0n) is 19.2. The Morgan fingerprint density at radius 3 is 1.77 bits per heavy atom. The molecule has 0 fully saturated rings. The van der Waals surface area contributed by atoms with E-state index in [1.165, 1.54) is 44.9 Å². The average molecular weight is 429 g/mol. The number of hydrogen-bond acceptors (Lipinski definition) is 3. The molecule has 0 aromatic heterocycles. The van der Waals surface area contributed by atoms with Gasteiger partial charge in [0, 0.05) is 0 Å². The highest BCUT2D eigenvalue weighted by atomic mass is 19.1. The largest absolute Gasteiger partial charge is 0.494 e. The van der Waals surface area contributed by atoms with Crippen molar-refractivity contribution in [1.82, 2.24) is 0 Å². The third kappa shape index (κ3) is 9.12. The van der Waals surface area contributed by atoms with E-state index < -0.39 is 18.1 Å². The molecule has 1 unspecified atom stereocenters. The maximum Gasteiger partial charge on any atom is 0.346 e. The molecule has 0 spiro atoms. The SMILES string of the molecule is CCCCCCCCCCOc1ccc(-c2ccc(OC(=O)C(F)C(C)C)cc2)cc1. The van der Waals surface area contributed by atoms with Crippen LogP contribution in [0.5, 0.6) is 11.5 Å². The lowest BCUT2D eigenvalue weighted by Crippen LogP contribution is -2.26. The van der Waals surface area contributed by atoms with Gasteiger partial charge in [-0.1, -0.05) is 90.0 Å². The smallest absolute Gasteiger partial charge is 0.346 e. The lowest BCUT2D eigenvalue weighted by molar-refractivity contribution is -0.141. The fourth-order valence-electron chi connectivity index (χ4n) is 3.33. The standard InChI is InChI=1S/C27H37FO3/c1-4-5-6-7-8-9-10-11-20-30-24-16-12-22(13-17-24)23-14-18-25(19-15-23)31-27(29)26(28)21(2)3/h12-19,21,26H,4-11,20H2,1-3H3. The Kier molecular flexibility index (Phi) is 11.1. The number of unbranched alkanes of at least 4 members (excludes halogenated alkanes) is 7. The summed E-state index contributed by atoms with van der Waals surface area (Å²) in [5, 5.41) is 0. The number of benzene rings is 2. The normalized spacial score (nSPS) is 12.0. The molecule has 0 aliphatic heterocycles. The van der Waals surface area contributed by atoms with E-state index in [2.05, 4.69) is 6.92 Å². The van der Waals surface area contributed by atoms with E-state index in [1.54, 1.807) is 26.0 Å². The molecule has 3 nitrogen and oxygen atoms in total. The first-order valence-electron chi connectivity index (χ1n) is 11.7. The van der Waals surface area contributed by atoms with Gasteiger partial charge in [0.05, 0.1) is 6.61 Å². The Bertz CT molecular complexity index is 753. The molecular formula is C27H37FO3. The molecular weight excluding hydrogens is 391 g/mol. The number of halogens is 1. The molecule has 0 radical (unpaired) electrons. The summed E-state index contributed by atoms with van der Waals surface area (Å²) in [6.07, 6.45) is 8.70. The van der Waals surface area contributed by atoms with Gasteiger partial charge in [-0.05, 0) is 47.7 Å². The van der Waals surface area contributed by atoms with Crippen LogP contribution in [-0.2, 0) is 4.79 Å². The zero-order chi connectivity index (χ0) is 22.5. The summed E-state index contributed by atoms with van der Waals surface area (Å²) in [6, 6.07) is 15.1. The first-order valence-corrected chi connectivity index (χ1v) is 11.7. The predicted molar refractivity (Wildman–Crippen MR) is 125 cm³/mol. The van der Waals surface area contributed by atoms with E-state index in [-0.39, 0.29) is 0 Å². The number of hydrogen-bond donors (Lipinski definition) is 0. The molecule has 2 aromatic rings. The second-order valence-electron chi connectivity index (χ2n) is 8.44. The first-order chi connectivity index (χ1) is 15.0. The van der Waals surface area contributed by atoms with Crippen LogP contribution >= 0.6 is 0 Å². The van der Waals surface area contributed by atoms with Gasteiger partial charge in [-0.25, -0.2) is 9.18 Å². The molecule has 0 saturated heterocycles. The molecule has 0 bridgehead atoms. The quantitative estimate of drug-likeness (QED) is 0.175. The maximum atomic E-state index is 13.7. The molecule has 2 rings (SSSR count). The molecule has 0 heterocycles. The van der Waals surface area contributed by atoms with Crippen molar-refractivity contribution in [3.8, 4) is 22.6 Å². The Morgan fingerprint density at radius 1 is 0.774 bits per heavy atom. The zero-order valence-corrected chi connectivity index (χ0v) is 19.2. The molecule has 0 saturated carbocycles. The summed E-state index contributed by atoms with van der Waals surface area (Å²) in [4.78, 5) is 11.7. The molecule has 2 aromatic carbocycles. The molecule has 4 heteroatoms. The minimum Gasteiger partial charge on any atom is -0.494 e. The lowest BCUT2D eigenvalue weighted by atomic mass is 10.1. The number of carbonyl (C=O) groups excluding carboxylic acids is 1. The lowest BCUT2D eigenvalue weighted by Gasteiger charge is -2.11. The number of carbonyl (C=O) groups is 1. The van der Waals surface area contributed by atoms with Gasteiger partial charge in [0.25, 0.3) is 0 Å². The fraction of sp³-hybridized carbons (Fsp3) is 0.519. The van der Waals surface area contributed by atoms with Crippen molar-refractivity contribution in [1.29, 1.82) is 0 Å². The summed E-state index contributed by atoms with van der Waals surface area (Å²) in [6.45, 7) is 6.30. The van der Waals surface area contributed by atoms with Crippen molar-refractivity contribution in [2.75, 3.05) is 6.61 Å². The second kappa shape index (κ2) is 13.8. The van der Waals surface area contributed by atoms with E-state index in [1.807, 2.05) is 36.4 Å². The number of esters is 1. The van der Waals surface area contributed by atoms with Gasteiger partial charge in [0.1, 0.15) is 11.5 Å². The highest BCUT2D eigenvalue weighted by molar-refractivity contribution is 5.77. The van der Waals surface area contributed by atoms with Crippen molar-refractivity contribution < 1.29 is 18.7 Å². The molecule has 31 heavy (non-hydrogen) atoms. The highest BCUT2D eigenvalue weighted by Gasteiger charge is 2.23.